The Morgan fingerprint density at radius 2 is 2.00 bits per heavy atom. The van der Waals surface area contributed by atoms with Gasteiger partial charge in [0.05, 0.1) is 6.26 Å². The minimum atomic E-state index is -0.322. The van der Waals surface area contributed by atoms with Crippen molar-refractivity contribution >= 4 is 29.1 Å². The van der Waals surface area contributed by atoms with Gasteiger partial charge in [-0.15, -0.1) is 0 Å². The van der Waals surface area contributed by atoms with Crippen LogP contribution in [0.3, 0.4) is 0 Å². The summed E-state index contributed by atoms with van der Waals surface area (Å²) in [4.78, 5) is 37.8. The predicted octanol–water partition coefficient (Wildman–Crippen LogP) is 1.73. The summed E-state index contributed by atoms with van der Waals surface area (Å²) in [5, 5.41) is 6.22. The number of hydrogen-bond acceptors (Lipinski definition) is 7. The molecule has 148 valence electrons. The number of amides is 2. The molecule has 2 aliphatic heterocycles. The molecule has 4 rings (SSSR count). The van der Waals surface area contributed by atoms with Crippen LogP contribution in [0.2, 0.25) is 0 Å². The van der Waals surface area contributed by atoms with Gasteiger partial charge in [0.1, 0.15) is 17.6 Å². The third-order valence-corrected chi connectivity index (χ3v) is 5.09. The Balaban J connectivity index is 1.53. The summed E-state index contributed by atoms with van der Waals surface area (Å²) in [6, 6.07) is 3.06. The lowest BCUT2D eigenvalue weighted by molar-refractivity contribution is -0.117. The second kappa shape index (κ2) is 7.14. The molecule has 1 unspecified atom stereocenters. The molecule has 2 N–H and O–H groups in total. The maximum Gasteiger partial charge on any atom is 0.289 e. The monoisotopic (exact) mass is 384 g/mol. The maximum absolute atomic E-state index is 12.5. The van der Waals surface area contributed by atoms with Gasteiger partial charge in [-0.3, -0.25) is 9.59 Å². The first-order valence-electron chi connectivity index (χ1n) is 9.48. The molecule has 0 aromatic carbocycles. The zero-order valence-electron chi connectivity index (χ0n) is 16.2. The highest BCUT2D eigenvalue weighted by Crippen LogP contribution is 2.35. The van der Waals surface area contributed by atoms with Crippen LogP contribution in [0.4, 0.5) is 17.3 Å². The fourth-order valence-electron chi connectivity index (χ4n) is 3.57. The van der Waals surface area contributed by atoms with Gasteiger partial charge in [0.15, 0.2) is 17.4 Å². The first-order valence-corrected chi connectivity index (χ1v) is 9.48. The molecule has 0 bridgehead atoms. The first kappa shape index (κ1) is 18.3. The van der Waals surface area contributed by atoms with Crippen molar-refractivity contribution in [2.75, 3.05) is 41.7 Å². The van der Waals surface area contributed by atoms with Crippen LogP contribution in [-0.2, 0) is 4.79 Å². The molecule has 28 heavy (non-hydrogen) atoms. The Kier molecular flexibility index (Phi) is 4.66. The average Bonchev–Trinajstić information content (AvgIpc) is 3.21. The summed E-state index contributed by atoms with van der Waals surface area (Å²) in [5.74, 6) is 2.27. The van der Waals surface area contributed by atoms with Gasteiger partial charge in [-0.25, -0.2) is 9.97 Å². The number of carbonyl (C=O) groups excluding carboxylic acids is 2. The van der Waals surface area contributed by atoms with Crippen molar-refractivity contribution in [1.82, 2.24) is 14.9 Å². The molecule has 0 radical (unpaired) electrons. The molecule has 9 heteroatoms. The SMILES string of the molecule is Cc1nc2c(c(N3CCN(C(=O)c4ccco4)CC3)n1)NC(=O)C(C(C)C)N2. The zero-order chi connectivity index (χ0) is 19.8. The molecular formula is C19H24N6O3. The number of aryl methyl sites for hydroxylation is 1. The van der Waals surface area contributed by atoms with E-state index in [1.807, 2.05) is 20.8 Å². The molecule has 2 aromatic heterocycles. The summed E-state index contributed by atoms with van der Waals surface area (Å²) in [6.45, 7) is 8.14. The summed E-state index contributed by atoms with van der Waals surface area (Å²) >= 11 is 0. The molecule has 1 fully saturated rings. The third-order valence-electron chi connectivity index (χ3n) is 5.09. The van der Waals surface area contributed by atoms with Gasteiger partial charge in [-0.05, 0) is 25.0 Å². The van der Waals surface area contributed by atoms with Crippen molar-refractivity contribution < 1.29 is 14.0 Å². The lowest BCUT2D eigenvalue weighted by Gasteiger charge is -2.37. The smallest absolute Gasteiger partial charge is 0.289 e. The lowest BCUT2D eigenvalue weighted by Crippen LogP contribution is -2.50. The van der Waals surface area contributed by atoms with E-state index < -0.39 is 0 Å². The molecule has 0 aliphatic carbocycles. The number of aromatic nitrogens is 2. The van der Waals surface area contributed by atoms with Crippen molar-refractivity contribution in [2.24, 2.45) is 5.92 Å². The number of piperazine rings is 1. The summed E-state index contributed by atoms with van der Waals surface area (Å²) in [6.07, 6.45) is 1.50. The number of anilines is 3. The van der Waals surface area contributed by atoms with Gasteiger partial charge in [-0.1, -0.05) is 13.8 Å². The Hall–Kier alpha value is -3.10. The number of nitrogens with zero attached hydrogens (tertiary/aromatic N) is 4. The summed E-state index contributed by atoms with van der Waals surface area (Å²) in [5.41, 5.74) is 0.610. The second-order valence-electron chi connectivity index (χ2n) is 7.43. The van der Waals surface area contributed by atoms with E-state index in [2.05, 4.69) is 25.5 Å². The summed E-state index contributed by atoms with van der Waals surface area (Å²) in [7, 11) is 0. The lowest BCUT2D eigenvalue weighted by atomic mass is 10.0. The van der Waals surface area contributed by atoms with Crippen molar-refractivity contribution in [2.45, 2.75) is 26.8 Å². The quantitative estimate of drug-likeness (QED) is 0.830. The number of hydrogen-bond donors (Lipinski definition) is 2. The van der Waals surface area contributed by atoms with Crippen molar-refractivity contribution in [3.05, 3.63) is 30.0 Å². The van der Waals surface area contributed by atoms with Crippen LogP contribution >= 0.6 is 0 Å². The number of rotatable bonds is 3. The highest BCUT2D eigenvalue weighted by Gasteiger charge is 2.33. The molecule has 2 aromatic rings. The molecule has 4 heterocycles. The van der Waals surface area contributed by atoms with Gasteiger partial charge in [0, 0.05) is 26.2 Å². The average molecular weight is 384 g/mol. The van der Waals surface area contributed by atoms with E-state index in [9.17, 15) is 9.59 Å². The van der Waals surface area contributed by atoms with E-state index in [1.54, 1.807) is 17.0 Å². The maximum atomic E-state index is 12.5. The van der Waals surface area contributed by atoms with Crippen LogP contribution in [0.1, 0.15) is 30.2 Å². The van der Waals surface area contributed by atoms with Crippen LogP contribution in [0.25, 0.3) is 0 Å². The van der Waals surface area contributed by atoms with E-state index in [1.165, 1.54) is 6.26 Å². The molecule has 2 amide bonds. The number of furan rings is 1. The van der Waals surface area contributed by atoms with Gasteiger partial charge in [-0.2, -0.15) is 0 Å². The minimum Gasteiger partial charge on any atom is -0.459 e. The third kappa shape index (κ3) is 3.28. The van der Waals surface area contributed by atoms with Crippen LogP contribution in [0, 0.1) is 12.8 Å². The van der Waals surface area contributed by atoms with Crippen LogP contribution in [0.5, 0.6) is 0 Å². The van der Waals surface area contributed by atoms with Gasteiger partial charge >= 0.3 is 0 Å². The highest BCUT2D eigenvalue weighted by molar-refractivity contribution is 6.05. The second-order valence-corrected chi connectivity index (χ2v) is 7.43. The Morgan fingerprint density at radius 1 is 1.25 bits per heavy atom. The Bertz CT molecular complexity index is 887. The zero-order valence-corrected chi connectivity index (χ0v) is 16.2. The van der Waals surface area contributed by atoms with E-state index >= 15 is 0 Å². The number of nitrogens with one attached hydrogen (secondary N) is 2. The predicted molar refractivity (Wildman–Crippen MR) is 104 cm³/mol. The van der Waals surface area contributed by atoms with Gasteiger partial charge in [0.25, 0.3) is 5.91 Å². The summed E-state index contributed by atoms with van der Waals surface area (Å²) < 4.78 is 5.21. The highest BCUT2D eigenvalue weighted by atomic mass is 16.3. The first-order chi connectivity index (χ1) is 13.4. The number of carbonyl (C=O) groups is 2. The largest absolute Gasteiger partial charge is 0.459 e. The van der Waals surface area contributed by atoms with Crippen molar-refractivity contribution in [1.29, 1.82) is 0 Å². The fourth-order valence-corrected chi connectivity index (χ4v) is 3.57. The van der Waals surface area contributed by atoms with Gasteiger partial charge < -0.3 is 24.9 Å². The molecule has 9 nitrogen and oxygen atoms in total. The topological polar surface area (TPSA) is 104 Å². The standard InChI is InChI=1S/C19H24N6O3/c1-11(2)14-18(26)23-15-16(22-14)20-12(3)21-17(15)24-6-8-25(9-7-24)19(27)13-5-4-10-28-13/h4-5,10-11,14H,6-9H2,1-3H3,(H,23,26)(H,20,21,22). The van der Waals surface area contributed by atoms with E-state index in [-0.39, 0.29) is 23.8 Å². The van der Waals surface area contributed by atoms with E-state index in [4.69, 9.17) is 4.42 Å². The molecule has 1 atom stereocenters. The van der Waals surface area contributed by atoms with Crippen molar-refractivity contribution in [3.63, 3.8) is 0 Å². The minimum absolute atomic E-state index is 0.0807. The Morgan fingerprint density at radius 3 is 2.64 bits per heavy atom. The van der Waals surface area contributed by atoms with Crippen LogP contribution < -0.4 is 15.5 Å². The molecule has 0 saturated carbocycles. The van der Waals surface area contributed by atoms with E-state index in [0.717, 1.165) is 0 Å². The fraction of sp³-hybridized carbons (Fsp3) is 0.474. The normalized spacial score (nSPS) is 19.3. The molecule has 1 saturated heterocycles. The van der Waals surface area contributed by atoms with Crippen LogP contribution in [0.15, 0.2) is 22.8 Å². The molecule has 2 aliphatic rings. The number of fused-ring (bicyclic) bond motifs is 1. The van der Waals surface area contributed by atoms with Gasteiger partial charge in [0.2, 0.25) is 5.91 Å². The van der Waals surface area contributed by atoms with Crippen molar-refractivity contribution in [3.8, 4) is 0 Å². The van der Waals surface area contributed by atoms with Crippen LogP contribution in [-0.4, -0.2) is 58.9 Å². The van der Waals surface area contributed by atoms with E-state index in [0.29, 0.717) is 55.1 Å². The Labute approximate surface area is 163 Å². The molecule has 0 spiro atoms. The molecular weight excluding hydrogens is 360 g/mol.